The molecule has 2 nitrogen and oxygen atoms in total. The molecule has 1 unspecified atom stereocenters. The molecule has 0 saturated heterocycles. The van der Waals surface area contributed by atoms with Gasteiger partial charge in [0.25, 0.3) is 6.43 Å². The van der Waals surface area contributed by atoms with E-state index in [1.54, 1.807) is 24.3 Å². The van der Waals surface area contributed by atoms with E-state index in [0.29, 0.717) is 11.0 Å². The lowest BCUT2D eigenvalue weighted by atomic mass is 9.93. The lowest BCUT2D eigenvalue weighted by Gasteiger charge is -2.22. The van der Waals surface area contributed by atoms with Crippen LogP contribution < -0.4 is 5.73 Å². The second-order valence-corrected chi connectivity index (χ2v) is 4.17. The Hall–Kier alpha value is -1.13. The van der Waals surface area contributed by atoms with E-state index in [1.807, 2.05) is 0 Å². The molecule has 0 spiro atoms. The van der Waals surface area contributed by atoms with Crippen LogP contribution in [0.5, 0.6) is 0 Å². The zero-order valence-corrected chi connectivity index (χ0v) is 9.26. The molecular weight excluding hydrogens is 236 g/mol. The number of furan rings is 1. The number of halogens is 3. The Kier molecular flexibility index (Phi) is 2.64. The topological polar surface area (TPSA) is 39.2 Å². The monoisotopic (exact) mass is 245 g/mol. The summed E-state index contributed by atoms with van der Waals surface area (Å²) in [7, 11) is 0. The molecule has 2 aromatic rings. The van der Waals surface area contributed by atoms with Gasteiger partial charge in [0, 0.05) is 10.9 Å². The summed E-state index contributed by atoms with van der Waals surface area (Å²) in [6.45, 7) is 1.24. The molecule has 2 N–H and O–H groups in total. The van der Waals surface area contributed by atoms with Crippen LogP contribution in [0.4, 0.5) is 8.78 Å². The molecule has 0 amide bonds. The van der Waals surface area contributed by atoms with Crippen LogP contribution in [-0.2, 0) is 5.54 Å². The highest BCUT2D eigenvalue weighted by molar-refractivity contribution is 6.31. The molecule has 1 aromatic carbocycles. The second-order valence-electron chi connectivity index (χ2n) is 3.83. The molecule has 5 heteroatoms. The summed E-state index contributed by atoms with van der Waals surface area (Å²) in [5.74, 6) is 0. The molecule has 16 heavy (non-hydrogen) atoms. The Bertz CT molecular complexity index is 522. The van der Waals surface area contributed by atoms with Gasteiger partial charge in [-0.2, -0.15) is 0 Å². The number of hydrogen-bond donors (Lipinski definition) is 1. The highest BCUT2D eigenvalue weighted by Crippen LogP contribution is 2.38. The number of alkyl halides is 2. The van der Waals surface area contributed by atoms with Crippen LogP contribution in [-0.4, -0.2) is 6.43 Å². The summed E-state index contributed by atoms with van der Waals surface area (Å²) in [6, 6.07) is 6.78. The fourth-order valence-electron chi connectivity index (χ4n) is 1.63. The van der Waals surface area contributed by atoms with Crippen molar-refractivity contribution in [3.05, 3.63) is 35.0 Å². The Morgan fingerprint density at radius 1 is 1.38 bits per heavy atom. The first-order valence-corrected chi connectivity index (χ1v) is 5.07. The van der Waals surface area contributed by atoms with E-state index in [4.69, 9.17) is 21.8 Å². The zero-order valence-electron chi connectivity index (χ0n) is 8.51. The Labute approximate surface area is 96.0 Å². The van der Waals surface area contributed by atoms with Gasteiger partial charge in [-0.25, -0.2) is 8.78 Å². The van der Waals surface area contributed by atoms with E-state index in [1.165, 1.54) is 6.92 Å². The van der Waals surface area contributed by atoms with Crippen LogP contribution in [0, 0.1) is 0 Å². The summed E-state index contributed by atoms with van der Waals surface area (Å²) < 4.78 is 30.9. The van der Waals surface area contributed by atoms with Crippen LogP contribution in [0.1, 0.15) is 12.5 Å². The molecule has 1 atom stereocenters. The molecule has 0 bridgehead atoms. The molecule has 0 aliphatic heterocycles. The Morgan fingerprint density at radius 3 is 2.62 bits per heavy atom. The van der Waals surface area contributed by atoms with Crippen LogP contribution >= 0.6 is 11.6 Å². The molecule has 0 radical (unpaired) electrons. The van der Waals surface area contributed by atoms with Crippen LogP contribution in [0.15, 0.2) is 28.7 Å². The van der Waals surface area contributed by atoms with Crippen molar-refractivity contribution in [3.63, 3.8) is 0 Å². The molecular formula is C11H10ClF2NO. The number of nitrogens with two attached hydrogens (primary N) is 1. The Morgan fingerprint density at radius 2 is 2.00 bits per heavy atom. The van der Waals surface area contributed by atoms with Crippen molar-refractivity contribution in [2.45, 2.75) is 18.9 Å². The van der Waals surface area contributed by atoms with E-state index >= 15 is 0 Å². The third kappa shape index (κ3) is 1.58. The third-order valence-corrected chi connectivity index (χ3v) is 2.81. The number of benzene rings is 1. The smallest absolute Gasteiger partial charge is 0.260 e. The van der Waals surface area contributed by atoms with Gasteiger partial charge in [0.15, 0.2) is 5.22 Å². The highest BCUT2D eigenvalue weighted by Gasteiger charge is 2.37. The van der Waals surface area contributed by atoms with Crippen molar-refractivity contribution >= 4 is 22.6 Å². The molecule has 1 heterocycles. The fraction of sp³-hybridized carbons (Fsp3) is 0.273. The standard InChI is InChI=1S/C11H10ClF2NO/c1-11(15,10(13)14)8-6-4-2-3-5-7(6)16-9(8)12/h2-5,10H,15H2,1H3. The van der Waals surface area contributed by atoms with E-state index < -0.39 is 12.0 Å². The van der Waals surface area contributed by atoms with E-state index in [0.717, 1.165) is 0 Å². The summed E-state index contributed by atoms with van der Waals surface area (Å²) in [4.78, 5) is 0. The average Bonchev–Trinajstić information content (AvgIpc) is 2.53. The van der Waals surface area contributed by atoms with Gasteiger partial charge in [0.05, 0.1) is 0 Å². The van der Waals surface area contributed by atoms with Crippen molar-refractivity contribution in [3.8, 4) is 0 Å². The first-order valence-electron chi connectivity index (χ1n) is 4.69. The highest BCUT2D eigenvalue weighted by atomic mass is 35.5. The molecule has 0 aliphatic rings. The van der Waals surface area contributed by atoms with Gasteiger partial charge in [0.1, 0.15) is 11.1 Å². The van der Waals surface area contributed by atoms with Crippen molar-refractivity contribution in [2.24, 2.45) is 5.73 Å². The van der Waals surface area contributed by atoms with Crippen molar-refractivity contribution in [2.75, 3.05) is 0 Å². The summed E-state index contributed by atoms with van der Waals surface area (Å²) in [6.07, 6.45) is -2.72. The van der Waals surface area contributed by atoms with E-state index in [-0.39, 0.29) is 10.8 Å². The normalized spacial score (nSPS) is 15.6. The average molecular weight is 246 g/mol. The van der Waals surface area contributed by atoms with Crippen molar-refractivity contribution in [1.29, 1.82) is 0 Å². The first kappa shape index (κ1) is 11.4. The first-order chi connectivity index (χ1) is 7.44. The number of fused-ring (bicyclic) bond motifs is 1. The molecule has 86 valence electrons. The molecule has 2 rings (SSSR count). The third-order valence-electron chi connectivity index (χ3n) is 2.54. The minimum absolute atomic E-state index is 0.0773. The minimum Gasteiger partial charge on any atom is -0.444 e. The lowest BCUT2D eigenvalue weighted by molar-refractivity contribution is 0.0629. The Balaban J connectivity index is 2.73. The predicted octanol–water partition coefficient (Wildman–Crippen LogP) is 3.53. The quantitative estimate of drug-likeness (QED) is 0.879. The number of para-hydroxylation sites is 1. The predicted molar refractivity (Wildman–Crippen MR) is 58.8 cm³/mol. The van der Waals surface area contributed by atoms with Crippen LogP contribution in [0.2, 0.25) is 5.22 Å². The van der Waals surface area contributed by atoms with Gasteiger partial charge < -0.3 is 10.2 Å². The van der Waals surface area contributed by atoms with Gasteiger partial charge in [-0.1, -0.05) is 18.2 Å². The number of rotatable bonds is 2. The molecule has 1 aromatic heterocycles. The molecule has 0 aliphatic carbocycles. The second kappa shape index (κ2) is 3.71. The largest absolute Gasteiger partial charge is 0.444 e. The number of hydrogen-bond acceptors (Lipinski definition) is 2. The maximum absolute atomic E-state index is 12.9. The maximum Gasteiger partial charge on any atom is 0.260 e. The van der Waals surface area contributed by atoms with Crippen LogP contribution in [0.3, 0.4) is 0 Å². The van der Waals surface area contributed by atoms with Gasteiger partial charge in [-0.05, 0) is 24.6 Å². The van der Waals surface area contributed by atoms with Crippen molar-refractivity contribution in [1.82, 2.24) is 0 Å². The molecule has 0 fully saturated rings. The zero-order chi connectivity index (χ0) is 11.9. The summed E-state index contributed by atoms with van der Waals surface area (Å²) in [5.41, 5.74) is 4.39. The van der Waals surface area contributed by atoms with Crippen LogP contribution in [0.25, 0.3) is 11.0 Å². The fourth-order valence-corrected chi connectivity index (χ4v) is 2.02. The maximum atomic E-state index is 12.9. The lowest BCUT2D eigenvalue weighted by Crippen LogP contribution is -2.40. The van der Waals surface area contributed by atoms with Crippen molar-refractivity contribution < 1.29 is 13.2 Å². The van der Waals surface area contributed by atoms with E-state index in [9.17, 15) is 8.78 Å². The molecule has 0 saturated carbocycles. The minimum atomic E-state index is -2.72. The van der Waals surface area contributed by atoms with Gasteiger partial charge in [-0.15, -0.1) is 0 Å². The van der Waals surface area contributed by atoms with E-state index in [2.05, 4.69) is 0 Å². The summed E-state index contributed by atoms with van der Waals surface area (Å²) >= 11 is 5.82. The SMILES string of the molecule is CC(N)(c1c(Cl)oc2ccccc12)C(F)F. The van der Waals surface area contributed by atoms with Gasteiger partial charge in [0.2, 0.25) is 0 Å². The van der Waals surface area contributed by atoms with Gasteiger partial charge in [-0.3, -0.25) is 0 Å². The summed E-state index contributed by atoms with van der Waals surface area (Å²) in [5, 5.41) is 0.448. The van der Waals surface area contributed by atoms with Gasteiger partial charge >= 0.3 is 0 Å².